The molecule has 2 N–H and O–H groups in total. The summed E-state index contributed by atoms with van der Waals surface area (Å²) >= 11 is 6.76. The fourth-order valence-corrected chi connectivity index (χ4v) is 4.94. The number of carbonyl (C=O) groups is 1. The van der Waals surface area contributed by atoms with Crippen LogP contribution in [0.15, 0.2) is 35.3 Å². The van der Waals surface area contributed by atoms with Crippen LogP contribution in [0, 0.1) is 11.3 Å². The number of amides is 1. The van der Waals surface area contributed by atoms with E-state index in [2.05, 4.69) is 4.98 Å². The minimum absolute atomic E-state index is 0.0375. The van der Waals surface area contributed by atoms with Crippen molar-refractivity contribution >= 4 is 23.5 Å². The number of rotatable bonds is 5. The highest BCUT2D eigenvalue weighted by atomic mass is 35.5. The molecular weight excluding hydrogens is 464 g/mol. The first-order valence-electron chi connectivity index (χ1n) is 10.9. The molecule has 2 aliphatic heterocycles. The molecule has 1 aromatic carbocycles. The maximum absolute atomic E-state index is 13.1. The minimum atomic E-state index is -2.76. The fourth-order valence-electron chi connectivity index (χ4n) is 4.54. The number of hydrogen-bond acceptors (Lipinski definition) is 6. The van der Waals surface area contributed by atoms with Crippen molar-refractivity contribution in [2.45, 2.75) is 50.6 Å². The highest BCUT2D eigenvalue weighted by Crippen LogP contribution is 2.40. The molecule has 2 aliphatic rings. The lowest BCUT2D eigenvalue weighted by Gasteiger charge is -2.40. The van der Waals surface area contributed by atoms with E-state index in [0.717, 1.165) is 0 Å². The number of alkyl halides is 2. The molecule has 34 heavy (non-hydrogen) atoms. The predicted octanol–water partition coefficient (Wildman–Crippen LogP) is 4.08. The molecule has 1 aromatic heterocycles. The van der Waals surface area contributed by atoms with Crippen LogP contribution in [0.3, 0.4) is 0 Å². The molecular formula is C24H24ClF2N5O2. The van der Waals surface area contributed by atoms with Crippen LogP contribution in [0.25, 0.3) is 0 Å². The number of halogens is 3. The Labute approximate surface area is 201 Å². The van der Waals surface area contributed by atoms with Crippen molar-refractivity contribution in [3.8, 4) is 6.07 Å². The van der Waals surface area contributed by atoms with Crippen LogP contribution in [-0.4, -0.2) is 41.0 Å². The van der Waals surface area contributed by atoms with Crippen molar-refractivity contribution in [3.63, 3.8) is 0 Å². The van der Waals surface area contributed by atoms with Gasteiger partial charge in [-0.15, -0.1) is 0 Å². The SMILES string of the molecule is C[C@@]1(c2cccc(Cc3ccc(C(F)F)nc3C#N)c2Cl)CC(=O)N(C2CCOCC2)C(N)=N1. The van der Waals surface area contributed by atoms with Crippen molar-refractivity contribution in [1.82, 2.24) is 9.88 Å². The molecule has 4 rings (SSSR count). The van der Waals surface area contributed by atoms with Crippen molar-refractivity contribution < 1.29 is 18.3 Å². The number of nitriles is 1. The van der Waals surface area contributed by atoms with Gasteiger partial charge >= 0.3 is 0 Å². The number of nitrogens with zero attached hydrogens (tertiary/aromatic N) is 4. The van der Waals surface area contributed by atoms with E-state index >= 15 is 0 Å². The van der Waals surface area contributed by atoms with Crippen molar-refractivity contribution in [2.75, 3.05) is 13.2 Å². The summed E-state index contributed by atoms with van der Waals surface area (Å²) in [5.74, 6) is 0.0348. The fraction of sp³-hybridized carbons (Fsp3) is 0.417. The van der Waals surface area contributed by atoms with Crippen LogP contribution < -0.4 is 5.73 Å². The normalized spacial score (nSPS) is 21.5. The molecule has 0 bridgehead atoms. The third kappa shape index (κ3) is 4.61. The molecule has 0 saturated carbocycles. The van der Waals surface area contributed by atoms with Gasteiger partial charge in [0, 0.05) is 30.7 Å². The summed E-state index contributed by atoms with van der Waals surface area (Å²) < 4.78 is 31.3. The molecule has 0 radical (unpaired) electrons. The third-order valence-corrected chi connectivity index (χ3v) is 6.74. The van der Waals surface area contributed by atoms with Gasteiger partial charge in [0.1, 0.15) is 17.5 Å². The zero-order valence-electron chi connectivity index (χ0n) is 18.6. The van der Waals surface area contributed by atoms with Gasteiger partial charge < -0.3 is 10.5 Å². The maximum Gasteiger partial charge on any atom is 0.280 e. The van der Waals surface area contributed by atoms with Gasteiger partial charge in [-0.3, -0.25) is 9.69 Å². The number of guanidine groups is 1. The van der Waals surface area contributed by atoms with Crippen molar-refractivity contribution in [2.24, 2.45) is 10.7 Å². The average Bonchev–Trinajstić information content (AvgIpc) is 2.80. The minimum Gasteiger partial charge on any atom is -0.381 e. The van der Waals surface area contributed by atoms with Gasteiger partial charge in [-0.05, 0) is 42.5 Å². The number of hydrogen-bond donors (Lipinski definition) is 1. The molecule has 1 atom stereocenters. The molecule has 1 fully saturated rings. The lowest BCUT2D eigenvalue weighted by molar-refractivity contribution is -0.132. The molecule has 10 heteroatoms. The third-order valence-electron chi connectivity index (χ3n) is 6.30. The number of ether oxygens (including phenoxy) is 1. The molecule has 0 aliphatic carbocycles. The summed E-state index contributed by atoms with van der Waals surface area (Å²) in [4.78, 5) is 23.1. The van der Waals surface area contributed by atoms with E-state index in [1.54, 1.807) is 23.1 Å². The number of benzene rings is 1. The second kappa shape index (κ2) is 9.65. The molecule has 2 aromatic rings. The summed E-state index contributed by atoms with van der Waals surface area (Å²) in [5, 5.41) is 9.77. The summed E-state index contributed by atoms with van der Waals surface area (Å²) in [5.41, 5.74) is 6.54. The van der Waals surface area contributed by atoms with E-state index in [1.165, 1.54) is 12.1 Å². The monoisotopic (exact) mass is 487 g/mol. The van der Waals surface area contributed by atoms with Gasteiger partial charge in [-0.2, -0.15) is 5.26 Å². The Hall–Kier alpha value is -3.09. The van der Waals surface area contributed by atoms with Crippen LogP contribution in [0.5, 0.6) is 0 Å². The number of carbonyl (C=O) groups excluding carboxylic acids is 1. The Kier molecular flexibility index (Phi) is 6.82. The van der Waals surface area contributed by atoms with E-state index in [0.29, 0.717) is 47.8 Å². The number of aliphatic imine (C=N–C) groups is 1. The second-order valence-corrected chi connectivity index (χ2v) is 9.02. The standard InChI is InChI=1S/C24H24ClF2N5O2/c1-24(12-20(33)32(23(29)31-24)16-7-9-34-10-8-16)17-4-2-3-15(21(17)25)11-14-5-6-18(22(26)27)30-19(14)13-28/h2-6,16,22H,7-12H2,1H3,(H2,29,31)/t24-/m0/s1. The highest BCUT2D eigenvalue weighted by Gasteiger charge is 2.41. The van der Waals surface area contributed by atoms with Crippen LogP contribution >= 0.6 is 11.6 Å². The summed E-state index contributed by atoms with van der Waals surface area (Å²) in [6, 6.07) is 9.87. The zero-order valence-corrected chi connectivity index (χ0v) is 19.4. The Balaban J connectivity index is 1.65. The van der Waals surface area contributed by atoms with Gasteiger partial charge in [0.25, 0.3) is 6.43 Å². The number of pyridine rings is 1. The van der Waals surface area contributed by atoms with E-state index in [1.807, 2.05) is 13.0 Å². The van der Waals surface area contributed by atoms with Gasteiger partial charge in [-0.25, -0.2) is 18.8 Å². The largest absolute Gasteiger partial charge is 0.381 e. The Morgan fingerprint density at radius 3 is 2.68 bits per heavy atom. The van der Waals surface area contributed by atoms with Gasteiger partial charge in [0.05, 0.1) is 12.0 Å². The van der Waals surface area contributed by atoms with Crippen molar-refractivity contribution in [1.29, 1.82) is 5.26 Å². The zero-order chi connectivity index (χ0) is 24.5. The lowest BCUT2D eigenvalue weighted by Crippen LogP contribution is -2.55. The number of aromatic nitrogens is 1. The maximum atomic E-state index is 13.1. The lowest BCUT2D eigenvalue weighted by atomic mass is 9.85. The van der Waals surface area contributed by atoms with Gasteiger partial charge in [-0.1, -0.05) is 35.9 Å². The molecule has 0 unspecified atom stereocenters. The predicted molar refractivity (Wildman–Crippen MR) is 122 cm³/mol. The van der Waals surface area contributed by atoms with Gasteiger partial charge in [0.15, 0.2) is 5.96 Å². The molecule has 1 amide bonds. The molecule has 3 heterocycles. The highest BCUT2D eigenvalue weighted by molar-refractivity contribution is 6.32. The Bertz CT molecular complexity index is 1180. The first kappa shape index (κ1) is 24.0. The van der Waals surface area contributed by atoms with Crippen LogP contribution in [0.1, 0.15) is 60.7 Å². The van der Waals surface area contributed by atoms with Crippen LogP contribution in [0.2, 0.25) is 5.02 Å². The molecule has 7 nitrogen and oxygen atoms in total. The first-order valence-corrected chi connectivity index (χ1v) is 11.3. The van der Waals surface area contributed by atoms with E-state index < -0.39 is 17.7 Å². The second-order valence-electron chi connectivity index (χ2n) is 8.64. The quantitative estimate of drug-likeness (QED) is 0.684. The molecule has 0 spiro atoms. The molecule has 1 saturated heterocycles. The Morgan fingerprint density at radius 2 is 2.03 bits per heavy atom. The molecule has 178 valence electrons. The smallest absolute Gasteiger partial charge is 0.280 e. The summed E-state index contributed by atoms with van der Waals surface area (Å²) in [6.45, 7) is 2.96. The summed E-state index contributed by atoms with van der Waals surface area (Å²) in [6.07, 6.45) is -1.05. The number of nitrogens with two attached hydrogens (primary N) is 1. The van der Waals surface area contributed by atoms with Gasteiger partial charge in [0.2, 0.25) is 5.91 Å². The topological polar surface area (TPSA) is 105 Å². The van der Waals surface area contributed by atoms with E-state index in [4.69, 9.17) is 27.1 Å². The van der Waals surface area contributed by atoms with E-state index in [9.17, 15) is 18.8 Å². The Morgan fingerprint density at radius 1 is 1.29 bits per heavy atom. The van der Waals surface area contributed by atoms with Crippen LogP contribution in [-0.2, 0) is 21.5 Å². The summed E-state index contributed by atoms with van der Waals surface area (Å²) in [7, 11) is 0. The van der Waals surface area contributed by atoms with Crippen molar-refractivity contribution in [3.05, 3.63) is 63.4 Å². The average molecular weight is 488 g/mol. The van der Waals surface area contributed by atoms with Crippen LogP contribution in [0.4, 0.5) is 8.78 Å². The van der Waals surface area contributed by atoms with E-state index in [-0.39, 0.29) is 36.4 Å². The first-order chi connectivity index (χ1) is 16.2.